The van der Waals surface area contributed by atoms with Gasteiger partial charge >= 0.3 is 0 Å². The van der Waals surface area contributed by atoms with Gasteiger partial charge in [0, 0.05) is 41.0 Å². The van der Waals surface area contributed by atoms with Gasteiger partial charge in [0.15, 0.2) is 0 Å². The van der Waals surface area contributed by atoms with E-state index in [0.717, 1.165) is 24.3 Å². The minimum atomic E-state index is -4.23. The monoisotopic (exact) mass is 467 g/mol. The van der Waals surface area contributed by atoms with Crippen molar-refractivity contribution in [2.24, 2.45) is 0 Å². The molecule has 12 heteroatoms. The summed E-state index contributed by atoms with van der Waals surface area (Å²) >= 11 is 0. The Kier molecular flexibility index (Phi) is 6.37. The van der Waals surface area contributed by atoms with Gasteiger partial charge in [-0.05, 0) is 48.5 Å². The zero-order chi connectivity index (χ0) is 21.9. The zero-order valence-corrected chi connectivity index (χ0v) is 18.0. The highest BCUT2D eigenvalue weighted by molar-refractivity contribution is 7.90. The van der Waals surface area contributed by atoms with Crippen LogP contribution in [0.5, 0.6) is 0 Å². The molecule has 3 rings (SSSR count). The number of nitriles is 1. The van der Waals surface area contributed by atoms with Gasteiger partial charge in [0.1, 0.15) is 0 Å². The number of hydrogen-bond donors (Lipinski definition) is 1. The average molecular weight is 468 g/mol. The van der Waals surface area contributed by atoms with Gasteiger partial charge in [-0.2, -0.15) is 9.57 Å². The number of nitrogens with zero attached hydrogens (tertiary/aromatic N) is 2. The first-order valence-corrected chi connectivity index (χ1v) is 13.1. The van der Waals surface area contributed by atoms with Crippen molar-refractivity contribution in [1.82, 2.24) is 9.03 Å². The largest absolute Gasteiger partial charge is 0.268 e. The van der Waals surface area contributed by atoms with Gasteiger partial charge in [0.25, 0.3) is 15.9 Å². The van der Waals surface area contributed by atoms with Crippen LogP contribution in [-0.4, -0.2) is 55.9 Å². The van der Waals surface area contributed by atoms with Crippen molar-refractivity contribution >= 4 is 36.8 Å². The zero-order valence-electron chi connectivity index (χ0n) is 15.5. The molecule has 30 heavy (non-hydrogen) atoms. The maximum Gasteiger partial charge on any atom is 0.264 e. The topological polar surface area (TPSA) is 141 Å². The maximum atomic E-state index is 12.7. The predicted molar refractivity (Wildman–Crippen MR) is 109 cm³/mol. The number of carbonyl (C=O) groups excluding carboxylic acids is 1. The normalized spacial score (nSPS) is 16.0. The lowest BCUT2D eigenvalue weighted by molar-refractivity contribution is 0.0981. The van der Waals surface area contributed by atoms with Gasteiger partial charge in [-0.1, -0.05) is 0 Å². The first-order chi connectivity index (χ1) is 14.1. The Bertz CT molecular complexity index is 1220. The van der Waals surface area contributed by atoms with Gasteiger partial charge in [-0.3, -0.25) is 9.00 Å². The first kappa shape index (κ1) is 22.1. The second kappa shape index (κ2) is 8.65. The molecule has 1 saturated heterocycles. The number of hydrogen-bond acceptors (Lipinski definition) is 7. The summed E-state index contributed by atoms with van der Waals surface area (Å²) in [6.07, 6.45) is 0. The molecular weight excluding hydrogens is 450 g/mol. The minimum Gasteiger partial charge on any atom is -0.268 e. The number of benzene rings is 2. The maximum absolute atomic E-state index is 12.7. The number of sulfonamides is 2. The van der Waals surface area contributed by atoms with E-state index in [1.807, 2.05) is 10.8 Å². The van der Waals surface area contributed by atoms with E-state index in [1.54, 1.807) is 0 Å². The highest BCUT2D eigenvalue weighted by Crippen LogP contribution is 2.20. The van der Waals surface area contributed by atoms with Crippen molar-refractivity contribution in [2.75, 3.05) is 24.6 Å². The molecule has 0 aromatic heterocycles. The van der Waals surface area contributed by atoms with E-state index >= 15 is 0 Å². The molecule has 2 aromatic carbocycles. The molecule has 0 saturated carbocycles. The van der Waals surface area contributed by atoms with Crippen molar-refractivity contribution < 1.29 is 25.8 Å². The quantitative estimate of drug-likeness (QED) is 0.672. The highest BCUT2D eigenvalue weighted by atomic mass is 32.2. The minimum absolute atomic E-state index is 0.0549. The van der Waals surface area contributed by atoms with Gasteiger partial charge in [0.2, 0.25) is 10.0 Å². The number of carbonyl (C=O) groups is 1. The average Bonchev–Trinajstić information content (AvgIpc) is 2.74. The second-order valence-corrected chi connectivity index (χ2v) is 11.7. The Morgan fingerprint density at radius 1 is 0.933 bits per heavy atom. The third-order valence-corrected chi connectivity index (χ3v) is 8.95. The summed E-state index contributed by atoms with van der Waals surface area (Å²) in [7, 11) is -9.09. The summed E-state index contributed by atoms with van der Waals surface area (Å²) in [5.74, 6) is -0.363. The van der Waals surface area contributed by atoms with E-state index in [9.17, 15) is 25.8 Å². The van der Waals surface area contributed by atoms with Crippen molar-refractivity contribution in [3.8, 4) is 6.07 Å². The molecule has 1 heterocycles. The van der Waals surface area contributed by atoms with E-state index < -0.39 is 36.8 Å². The first-order valence-electron chi connectivity index (χ1n) is 8.66. The van der Waals surface area contributed by atoms with Crippen LogP contribution in [0, 0.1) is 11.3 Å². The van der Waals surface area contributed by atoms with Gasteiger partial charge < -0.3 is 0 Å². The van der Waals surface area contributed by atoms with Gasteiger partial charge in [0.05, 0.1) is 21.4 Å². The molecule has 1 fully saturated rings. The molecule has 158 valence electrons. The summed E-state index contributed by atoms with van der Waals surface area (Å²) < 4.78 is 64.8. The Balaban J connectivity index is 1.76. The van der Waals surface area contributed by atoms with E-state index in [2.05, 4.69) is 0 Å². The summed E-state index contributed by atoms with van der Waals surface area (Å²) in [5.41, 5.74) is 0.380. The summed E-state index contributed by atoms with van der Waals surface area (Å²) in [4.78, 5) is 11.8. The van der Waals surface area contributed by atoms with Crippen LogP contribution in [0.4, 0.5) is 0 Å². The molecule has 1 aliphatic heterocycles. The molecule has 0 bridgehead atoms. The van der Waals surface area contributed by atoms with Gasteiger partial charge in [-0.25, -0.2) is 21.6 Å². The fourth-order valence-corrected chi connectivity index (χ4v) is 6.44. The molecule has 1 amide bonds. The summed E-state index contributed by atoms with van der Waals surface area (Å²) in [5, 5.41) is 8.77. The van der Waals surface area contributed by atoms with Crippen LogP contribution in [0.2, 0.25) is 0 Å². The van der Waals surface area contributed by atoms with Crippen LogP contribution in [-0.2, 0) is 30.8 Å². The third kappa shape index (κ3) is 4.76. The van der Waals surface area contributed by atoms with E-state index in [1.165, 1.54) is 28.6 Å². The highest BCUT2D eigenvalue weighted by Gasteiger charge is 2.28. The molecule has 9 nitrogen and oxygen atoms in total. The molecule has 1 N–H and O–H groups in total. The van der Waals surface area contributed by atoms with E-state index in [4.69, 9.17) is 5.26 Å². The Labute approximate surface area is 176 Å². The SMILES string of the molecule is N#Cc1ccc(C(=O)NS(=O)(=O)c2ccc(S(=O)(=O)N3CCS(=O)CC3)cc2)cc1. The lowest BCUT2D eigenvalue weighted by Crippen LogP contribution is -2.41. The van der Waals surface area contributed by atoms with E-state index in [-0.39, 0.29) is 39.9 Å². The smallest absolute Gasteiger partial charge is 0.264 e. The van der Waals surface area contributed by atoms with Crippen LogP contribution >= 0.6 is 0 Å². The predicted octanol–water partition coefficient (Wildman–Crippen LogP) is 0.430. The molecule has 0 spiro atoms. The molecule has 0 atom stereocenters. The fourth-order valence-electron chi connectivity index (χ4n) is 2.74. The fraction of sp³-hybridized carbons (Fsp3) is 0.222. The molecule has 2 aromatic rings. The van der Waals surface area contributed by atoms with Crippen molar-refractivity contribution in [2.45, 2.75) is 9.79 Å². The van der Waals surface area contributed by atoms with Gasteiger partial charge in [-0.15, -0.1) is 0 Å². The van der Waals surface area contributed by atoms with Crippen LogP contribution in [0.25, 0.3) is 0 Å². The number of amides is 1. The van der Waals surface area contributed by atoms with Crippen LogP contribution in [0.1, 0.15) is 15.9 Å². The number of nitrogens with one attached hydrogen (secondary N) is 1. The molecular formula is C18H17N3O6S3. The standard InChI is InChI=1S/C18H17N3O6S3/c19-13-14-1-3-15(4-2-14)18(22)20-29(24,25)16-5-7-17(8-6-16)30(26,27)21-9-11-28(23)12-10-21/h1-8H,9-12H2,(H,20,22). The molecule has 1 aliphatic rings. The molecule has 0 aliphatic carbocycles. The molecule has 0 radical (unpaired) electrons. The summed E-state index contributed by atoms with van der Waals surface area (Å²) in [6.45, 7) is 0.269. The van der Waals surface area contributed by atoms with Crippen LogP contribution < -0.4 is 4.72 Å². The lowest BCUT2D eigenvalue weighted by atomic mass is 10.1. The lowest BCUT2D eigenvalue weighted by Gasteiger charge is -2.25. The second-order valence-electron chi connectivity index (χ2n) is 6.35. The van der Waals surface area contributed by atoms with Crippen molar-refractivity contribution in [1.29, 1.82) is 5.26 Å². The van der Waals surface area contributed by atoms with E-state index in [0.29, 0.717) is 5.56 Å². The van der Waals surface area contributed by atoms with Crippen molar-refractivity contribution in [3.63, 3.8) is 0 Å². The Morgan fingerprint density at radius 2 is 1.47 bits per heavy atom. The Hall–Kier alpha value is -2.59. The Morgan fingerprint density at radius 3 is 2.00 bits per heavy atom. The summed E-state index contributed by atoms with van der Waals surface area (Å²) in [6, 6.07) is 11.8. The van der Waals surface area contributed by atoms with Crippen LogP contribution in [0.3, 0.4) is 0 Å². The van der Waals surface area contributed by atoms with Crippen LogP contribution in [0.15, 0.2) is 58.3 Å². The molecule has 0 unspecified atom stereocenters. The third-order valence-electron chi connectivity index (χ3n) is 4.41. The van der Waals surface area contributed by atoms with Crippen molar-refractivity contribution in [3.05, 3.63) is 59.7 Å². The number of rotatable bonds is 5.